The standard InChI is InChI=1S/C16H14FNO3/c1-2-18-16(21)13-5-3-11(8-14(13)17)10-4-6-15(20)12(7-10)9-19/h3-9,20H,2H2,1H3,(H,18,21). The average Bonchev–Trinajstić information content (AvgIpc) is 2.47. The van der Waals surface area contributed by atoms with E-state index < -0.39 is 11.7 Å². The van der Waals surface area contributed by atoms with Crippen molar-refractivity contribution < 1.29 is 19.1 Å². The van der Waals surface area contributed by atoms with Crippen LogP contribution in [0.1, 0.15) is 27.6 Å². The summed E-state index contributed by atoms with van der Waals surface area (Å²) in [6.07, 6.45) is 0.526. The van der Waals surface area contributed by atoms with Gasteiger partial charge < -0.3 is 10.4 Å². The lowest BCUT2D eigenvalue weighted by Crippen LogP contribution is -2.23. The third kappa shape index (κ3) is 3.08. The predicted molar refractivity (Wildman–Crippen MR) is 76.9 cm³/mol. The summed E-state index contributed by atoms with van der Waals surface area (Å²) in [7, 11) is 0. The first-order chi connectivity index (χ1) is 10.1. The largest absolute Gasteiger partial charge is 0.507 e. The monoisotopic (exact) mass is 287 g/mol. The first-order valence-corrected chi connectivity index (χ1v) is 6.43. The number of aromatic hydroxyl groups is 1. The lowest BCUT2D eigenvalue weighted by atomic mass is 10.0. The van der Waals surface area contributed by atoms with Crippen LogP contribution in [-0.4, -0.2) is 23.8 Å². The highest BCUT2D eigenvalue weighted by Crippen LogP contribution is 2.26. The fraction of sp³-hybridized carbons (Fsp3) is 0.125. The molecule has 0 aliphatic rings. The number of hydrogen-bond donors (Lipinski definition) is 2. The van der Waals surface area contributed by atoms with Crippen LogP contribution in [0.3, 0.4) is 0 Å². The zero-order valence-electron chi connectivity index (χ0n) is 11.4. The normalized spacial score (nSPS) is 10.2. The van der Waals surface area contributed by atoms with Crippen LogP contribution in [0.4, 0.5) is 4.39 Å². The predicted octanol–water partition coefficient (Wildman–Crippen LogP) is 2.76. The Hall–Kier alpha value is -2.69. The summed E-state index contributed by atoms with van der Waals surface area (Å²) in [5.74, 6) is -1.24. The summed E-state index contributed by atoms with van der Waals surface area (Å²) >= 11 is 0. The molecule has 0 unspecified atom stereocenters. The van der Waals surface area contributed by atoms with Gasteiger partial charge in [0.2, 0.25) is 0 Å². The Kier molecular flexibility index (Phi) is 4.33. The van der Waals surface area contributed by atoms with Gasteiger partial charge in [0, 0.05) is 6.54 Å². The molecule has 2 N–H and O–H groups in total. The van der Waals surface area contributed by atoms with Gasteiger partial charge in [-0.15, -0.1) is 0 Å². The van der Waals surface area contributed by atoms with Gasteiger partial charge in [0.1, 0.15) is 11.6 Å². The molecule has 0 radical (unpaired) electrons. The molecule has 21 heavy (non-hydrogen) atoms. The highest BCUT2D eigenvalue weighted by Gasteiger charge is 2.12. The number of phenolic OH excluding ortho intramolecular Hbond substituents is 1. The average molecular weight is 287 g/mol. The van der Waals surface area contributed by atoms with Crippen LogP contribution in [0.25, 0.3) is 11.1 Å². The summed E-state index contributed by atoms with van der Waals surface area (Å²) in [4.78, 5) is 22.4. The number of nitrogens with one attached hydrogen (secondary N) is 1. The molecule has 0 heterocycles. The van der Waals surface area contributed by atoms with E-state index in [0.717, 1.165) is 0 Å². The summed E-state index contributed by atoms with van der Waals surface area (Å²) in [5.41, 5.74) is 1.19. The maximum absolute atomic E-state index is 14.0. The number of amides is 1. The van der Waals surface area contributed by atoms with Crippen molar-refractivity contribution in [2.45, 2.75) is 6.92 Å². The van der Waals surface area contributed by atoms with Crippen molar-refractivity contribution >= 4 is 12.2 Å². The van der Waals surface area contributed by atoms with Crippen LogP contribution in [0, 0.1) is 5.82 Å². The molecule has 108 valence electrons. The number of hydrogen-bond acceptors (Lipinski definition) is 3. The molecule has 0 aromatic heterocycles. The SMILES string of the molecule is CCNC(=O)c1ccc(-c2ccc(O)c(C=O)c2)cc1F. The maximum Gasteiger partial charge on any atom is 0.254 e. The Labute approximate surface area is 121 Å². The molecule has 1 amide bonds. The van der Waals surface area contributed by atoms with Gasteiger partial charge in [-0.1, -0.05) is 12.1 Å². The number of aldehydes is 1. The first-order valence-electron chi connectivity index (χ1n) is 6.43. The topological polar surface area (TPSA) is 66.4 Å². The van der Waals surface area contributed by atoms with E-state index in [1.807, 2.05) is 0 Å². The highest BCUT2D eigenvalue weighted by atomic mass is 19.1. The van der Waals surface area contributed by atoms with E-state index in [1.54, 1.807) is 19.1 Å². The van der Waals surface area contributed by atoms with Crippen LogP contribution >= 0.6 is 0 Å². The van der Waals surface area contributed by atoms with Crippen LogP contribution in [0.15, 0.2) is 36.4 Å². The van der Waals surface area contributed by atoms with Crippen molar-refractivity contribution in [1.82, 2.24) is 5.32 Å². The lowest BCUT2D eigenvalue weighted by molar-refractivity contribution is 0.0951. The Bertz CT molecular complexity index is 698. The van der Waals surface area contributed by atoms with Gasteiger partial charge in [0.15, 0.2) is 6.29 Å². The van der Waals surface area contributed by atoms with E-state index in [9.17, 15) is 19.1 Å². The summed E-state index contributed by atoms with van der Waals surface area (Å²) in [6, 6.07) is 8.61. The number of benzene rings is 2. The molecule has 0 aliphatic heterocycles. The van der Waals surface area contributed by atoms with Gasteiger partial charge in [0.05, 0.1) is 11.1 Å². The molecule has 2 rings (SSSR count). The third-order valence-electron chi connectivity index (χ3n) is 3.04. The number of rotatable bonds is 4. The molecular weight excluding hydrogens is 273 g/mol. The third-order valence-corrected chi connectivity index (χ3v) is 3.04. The van der Waals surface area contributed by atoms with Gasteiger partial charge in [-0.3, -0.25) is 9.59 Å². The Morgan fingerprint density at radius 3 is 2.52 bits per heavy atom. The van der Waals surface area contributed by atoms with Crippen LogP contribution in [-0.2, 0) is 0 Å². The zero-order valence-corrected chi connectivity index (χ0v) is 11.4. The Balaban J connectivity index is 2.40. The van der Waals surface area contributed by atoms with Gasteiger partial charge in [-0.05, 0) is 42.3 Å². The molecule has 0 bridgehead atoms. The van der Waals surface area contributed by atoms with E-state index in [2.05, 4.69) is 5.32 Å². The minimum atomic E-state index is -0.640. The minimum Gasteiger partial charge on any atom is -0.507 e. The molecule has 0 spiro atoms. The van der Waals surface area contributed by atoms with Crippen LogP contribution in [0.5, 0.6) is 5.75 Å². The molecule has 0 saturated carbocycles. The van der Waals surface area contributed by atoms with E-state index in [4.69, 9.17) is 0 Å². The fourth-order valence-electron chi connectivity index (χ4n) is 1.96. The van der Waals surface area contributed by atoms with E-state index in [-0.39, 0.29) is 16.9 Å². The fourth-order valence-corrected chi connectivity index (χ4v) is 1.96. The Morgan fingerprint density at radius 1 is 1.24 bits per heavy atom. The molecule has 0 atom stereocenters. The van der Waals surface area contributed by atoms with E-state index >= 15 is 0 Å². The summed E-state index contributed by atoms with van der Waals surface area (Å²) in [6.45, 7) is 2.17. The number of halogens is 1. The number of carbonyl (C=O) groups is 2. The molecule has 0 saturated heterocycles. The van der Waals surface area contributed by atoms with E-state index in [1.165, 1.54) is 24.3 Å². The molecule has 0 fully saturated rings. The first kappa shape index (κ1) is 14.7. The van der Waals surface area contributed by atoms with Crippen molar-refractivity contribution in [3.8, 4) is 16.9 Å². The van der Waals surface area contributed by atoms with Crippen LogP contribution in [0.2, 0.25) is 0 Å². The highest BCUT2D eigenvalue weighted by molar-refractivity contribution is 5.95. The lowest BCUT2D eigenvalue weighted by Gasteiger charge is -2.07. The van der Waals surface area contributed by atoms with E-state index in [0.29, 0.717) is 24.0 Å². The van der Waals surface area contributed by atoms with Gasteiger partial charge >= 0.3 is 0 Å². The molecular formula is C16H14FNO3. The van der Waals surface area contributed by atoms with Gasteiger partial charge in [-0.25, -0.2) is 4.39 Å². The van der Waals surface area contributed by atoms with Crippen molar-refractivity contribution in [3.05, 3.63) is 53.3 Å². The quantitative estimate of drug-likeness (QED) is 0.850. The zero-order chi connectivity index (χ0) is 15.4. The number of phenols is 1. The molecule has 0 aliphatic carbocycles. The second-order valence-corrected chi connectivity index (χ2v) is 4.45. The Morgan fingerprint density at radius 2 is 1.90 bits per heavy atom. The smallest absolute Gasteiger partial charge is 0.254 e. The molecule has 5 heteroatoms. The summed E-state index contributed by atoms with van der Waals surface area (Å²) < 4.78 is 14.0. The number of carbonyl (C=O) groups excluding carboxylic acids is 2. The van der Waals surface area contributed by atoms with Crippen LogP contribution < -0.4 is 5.32 Å². The molecule has 2 aromatic rings. The van der Waals surface area contributed by atoms with Crippen molar-refractivity contribution in [2.24, 2.45) is 0 Å². The second kappa shape index (κ2) is 6.17. The second-order valence-electron chi connectivity index (χ2n) is 4.45. The summed E-state index contributed by atoms with van der Waals surface area (Å²) in [5, 5.41) is 12.0. The van der Waals surface area contributed by atoms with Crippen molar-refractivity contribution in [2.75, 3.05) is 6.54 Å². The van der Waals surface area contributed by atoms with Gasteiger partial charge in [0.25, 0.3) is 5.91 Å². The molecule has 2 aromatic carbocycles. The maximum atomic E-state index is 14.0. The minimum absolute atomic E-state index is 0.0324. The molecule has 4 nitrogen and oxygen atoms in total. The van der Waals surface area contributed by atoms with Crippen molar-refractivity contribution in [3.63, 3.8) is 0 Å². The van der Waals surface area contributed by atoms with Crippen molar-refractivity contribution in [1.29, 1.82) is 0 Å². The van der Waals surface area contributed by atoms with Gasteiger partial charge in [-0.2, -0.15) is 0 Å².